The van der Waals surface area contributed by atoms with Crippen LogP contribution in [-0.4, -0.2) is 31.4 Å². The predicted octanol–water partition coefficient (Wildman–Crippen LogP) is 4.27. The highest BCUT2D eigenvalue weighted by atomic mass is 16.5. The molecule has 7 nitrogen and oxygen atoms in total. The van der Waals surface area contributed by atoms with Gasteiger partial charge in [-0.1, -0.05) is 6.58 Å². The minimum Gasteiger partial charge on any atom is -0.497 e. The van der Waals surface area contributed by atoms with E-state index in [1.54, 1.807) is 43.5 Å². The molecule has 0 aliphatic heterocycles. The first-order chi connectivity index (χ1) is 15.5. The summed E-state index contributed by atoms with van der Waals surface area (Å²) in [6, 6.07) is 18.8. The van der Waals surface area contributed by atoms with E-state index in [-0.39, 0.29) is 18.1 Å². The summed E-state index contributed by atoms with van der Waals surface area (Å²) in [5.41, 5.74) is 0.603. The molecule has 3 aromatic carbocycles. The van der Waals surface area contributed by atoms with Crippen LogP contribution in [0.15, 0.2) is 85.5 Å². The van der Waals surface area contributed by atoms with Gasteiger partial charge in [-0.15, -0.1) is 0 Å². The van der Waals surface area contributed by atoms with Gasteiger partial charge in [0, 0.05) is 0 Å². The highest BCUT2D eigenvalue weighted by Gasteiger charge is 2.12. The third kappa shape index (κ3) is 6.06. The lowest BCUT2D eigenvalue weighted by molar-refractivity contribution is -0.116. The van der Waals surface area contributed by atoms with Crippen LogP contribution in [0.2, 0.25) is 0 Å². The number of carbonyl (C=O) groups excluding carboxylic acids is 3. The van der Waals surface area contributed by atoms with Crippen LogP contribution < -0.4 is 18.9 Å². The average Bonchev–Trinajstić information content (AvgIpc) is 2.83. The Hall–Kier alpha value is -4.39. The minimum absolute atomic E-state index is 0.124. The Kier molecular flexibility index (Phi) is 7.37. The lowest BCUT2D eigenvalue weighted by Crippen LogP contribution is -2.11. The molecule has 0 N–H and O–H groups in total. The van der Waals surface area contributed by atoms with Crippen LogP contribution in [0.1, 0.15) is 20.7 Å². The highest BCUT2D eigenvalue weighted by molar-refractivity contribution is 5.93. The summed E-state index contributed by atoms with van der Waals surface area (Å²) >= 11 is 0. The zero-order valence-corrected chi connectivity index (χ0v) is 17.3. The van der Waals surface area contributed by atoms with Crippen molar-refractivity contribution >= 4 is 17.7 Å². The Labute approximate surface area is 184 Å². The van der Waals surface area contributed by atoms with Crippen LogP contribution >= 0.6 is 0 Å². The summed E-state index contributed by atoms with van der Waals surface area (Å²) in [5.74, 6) is 0.383. The fourth-order valence-electron chi connectivity index (χ4n) is 2.54. The monoisotopic (exact) mass is 432 g/mol. The smallest absolute Gasteiger partial charge is 0.343 e. The van der Waals surface area contributed by atoms with Gasteiger partial charge in [-0.3, -0.25) is 4.79 Å². The third-order valence-electron chi connectivity index (χ3n) is 4.27. The van der Waals surface area contributed by atoms with Crippen LogP contribution in [0.5, 0.6) is 23.0 Å². The van der Waals surface area contributed by atoms with Gasteiger partial charge in [0.25, 0.3) is 0 Å². The topological polar surface area (TPSA) is 88.1 Å². The first-order valence-corrected chi connectivity index (χ1v) is 9.55. The van der Waals surface area contributed by atoms with Crippen molar-refractivity contribution in [2.45, 2.75) is 0 Å². The van der Waals surface area contributed by atoms with Crippen molar-refractivity contribution in [3.8, 4) is 23.0 Å². The molecular formula is C25H20O7. The molecule has 0 amide bonds. The fourth-order valence-corrected chi connectivity index (χ4v) is 2.54. The fraction of sp³-hybridized carbons (Fsp3) is 0.0800. The summed E-state index contributed by atoms with van der Waals surface area (Å²) in [6.07, 6.45) is 1.18. The molecule has 0 saturated heterocycles. The van der Waals surface area contributed by atoms with E-state index < -0.39 is 11.9 Å². The van der Waals surface area contributed by atoms with E-state index in [4.69, 9.17) is 18.9 Å². The Morgan fingerprint density at radius 2 is 1.09 bits per heavy atom. The summed E-state index contributed by atoms with van der Waals surface area (Å²) in [4.78, 5) is 35.8. The summed E-state index contributed by atoms with van der Waals surface area (Å²) in [7, 11) is 1.55. The Bertz CT molecular complexity index is 1100. The first-order valence-electron chi connectivity index (χ1n) is 9.55. The second-order valence-corrected chi connectivity index (χ2v) is 6.46. The number of rotatable bonds is 9. The minimum atomic E-state index is -0.577. The molecule has 162 valence electrons. The summed E-state index contributed by atoms with van der Waals surface area (Å²) in [5, 5.41) is 0. The molecule has 0 aliphatic rings. The Morgan fingerprint density at radius 1 is 0.688 bits per heavy atom. The van der Waals surface area contributed by atoms with Crippen molar-refractivity contribution in [3.05, 3.63) is 96.6 Å². The van der Waals surface area contributed by atoms with Crippen LogP contribution in [0.25, 0.3) is 0 Å². The number of esters is 2. The number of ketones is 1. The Morgan fingerprint density at radius 3 is 1.53 bits per heavy atom. The SMILES string of the molecule is C=CC(=O)COc1ccc(C(=O)Oc2ccc(C(=O)Oc3ccc(OC)cc3)cc2)cc1. The maximum Gasteiger partial charge on any atom is 0.343 e. The zero-order chi connectivity index (χ0) is 22.9. The van der Waals surface area contributed by atoms with Gasteiger partial charge >= 0.3 is 11.9 Å². The number of hydrogen-bond acceptors (Lipinski definition) is 7. The van der Waals surface area contributed by atoms with E-state index in [0.717, 1.165) is 0 Å². The maximum atomic E-state index is 12.3. The third-order valence-corrected chi connectivity index (χ3v) is 4.27. The zero-order valence-electron chi connectivity index (χ0n) is 17.3. The number of ether oxygens (including phenoxy) is 4. The quantitative estimate of drug-likeness (QED) is 0.283. The molecule has 32 heavy (non-hydrogen) atoms. The van der Waals surface area contributed by atoms with Gasteiger partial charge in [0.1, 0.15) is 23.0 Å². The molecule has 0 aliphatic carbocycles. The maximum absolute atomic E-state index is 12.3. The molecule has 0 spiro atoms. The standard InChI is InChI=1S/C25H20O7/c1-3-19(26)16-30-21-8-4-17(5-9-21)24(27)31-22-10-6-18(7-11-22)25(28)32-23-14-12-20(29-2)13-15-23/h3-15H,1,16H2,2H3. The van der Waals surface area contributed by atoms with E-state index in [2.05, 4.69) is 6.58 Å². The Balaban J connectivity index is 1.56. The first kappa shape index (κ1) is 22.3. The van der Waals surface area contributed by atoms with Crippen molar-refractivity contribution < 1.29 is 33.3 Å². The molecule has 0 fully saturated rings. The predicted molar refractivity (Wildman–Crippen MR) is 116 cm³/mol. The van der Waals surface area contributed by atoms with Crippen molar-refractivity contribution in [1.82, 2.24) is 0 Å². The molecule has 0 bridgehead atoms. The van der Waals surface area contributed by atoms with Gasteiger partial charge < -0.3 is 18.9 Å². The molecule has 7 heteroatoms. The molecule has 0 unspecified atom stereocenters. The van der Waals surface area contributed by atoms with Crippen molar-refractivity contribution in [2.24, 2.45) is 0 Å². The number of methoxy groups -OCH3 is 1. The van der Waals surface area contributed by atoms with Crippen molar-refractivity contribution in [3.63, 3.8) is 0 Å². The van der Waals surface area contributed by atoms with E-state index in [9.17, 15) is 14.4 Å². The lowest BCUT2D eigenvalue weighted by Gasteiger charge is -2.08. The van der Waals surface area contributed by atoms with Gasteiger partial charge in [-0.25, -0.2) is 9.59 Å². The van der Waals surface area contributed by atoms with Gasteiger partial charge in [0.2, 0.25) is 0 Å². The van der Waals surface area contributed by atoms with Crippen LogP contribution in [0, 0.1) is 0 Å². The van der Waals surface area contributed by atoms with Gasteiger partial charge in [0.05, 0.1) is 18.2 Å². The van der Waals surface area contributed by atoms with Crippen LogP contribution in [-0.2, 0) is 4.79 Å². The lowest BCUT2D eigenvalue weighted by atomic mass is 10.2. The van der Waals surface area contributed by atoms with E-state index >= 15 is 0 Å². The van der Waals surface area contributed by atoms with Crippen LogP contribution in [0.3, 0.4) is 0 Å². The van der Waals surface area contributed by atoms with E-state index in [1.807, 2.05) is 0 Å². The molecule has 0 saturated carbocycles. The molecule has 3 aromatic rings. The van der Waals surface area contributed by atoms with Gasteiger partial charge in [-0.2, -0.15) is 0 Å². The molecule has 0 aromatic heterocycles. The highest BCUT2D eigenvalue weighted by Crippen LogP contribution is 2.20. The van der Waals surface area contributed by atoms with Crippen LogP contribution in [0.4, 0.5) is 0 Å². The summed E-state index contributed by atoms with van der Waals surface area (Å²) in [6.45, 7) is 3.24. The van der Waals surface area contributed by atoms with Gasteiger partial charge in [0.15, 0.2) is 12.4 Å². The molecule has 0 heterocycles. The van der Waals surface area contributed by atoms with Crippen molar-refractivity contribution in [2.75, 3.05) is 13.7 Å². The summed E-state index contributed by atoms with van der Waals surface area (Å²) < 4.78 is 21.0. The number of benzene rings is 3. The molecule has 0 radical (unpaired) electrons. The number of hydrogen-bond donors (Lipinski definition) is 0. The number of carbonyl (C=O) groups is 3. The largest absolute Gasteiger partial charge is 0.497 e. The normalized spacial score (nSPS) is 10.0. The second-order valence-electron chi connectivity index (χ2n) is 6.46. The van der Waals surface area contributed by atoms with E-state index in [0.29, 0.717) is 28.4 Å². The molecule has 3 rings (SSSR count). The van der Waals surface area contributed by atoms with Gasteiger partial charge in [-0.05, 0) is 78.9 Å². The van der Waals surface area contributed by atoms with Crippen molar-refractivity contribution in [1.29, 1.82) is 0 Å². The molecular weight excluding hydrogens is 412 g/mol. The average molecular weight is 432 g/mol. The second kappa shape index (κ2) is 10.6. The molecule has 0 atom stereocenters. The van der Waals surface area contributed by atoms with E-state index in [1.165, 1.54) is 42.5 Å².